The van der Waals surface area contributed by atoms with Crippen LogP contribution in [0.5, 0.6) is 0 Å². The first-order valence-corrected chi connectivity index (χ1v) is 5.64. The first kappa shape index (κ1) is 10.6. The van der Waals surface area contributed by atoms with E-state index in [0.29, 0.717) is 12.1 Å². The summed E-state index contributed by atoms with van der Waals surface area (Å²) in [5.41, 5.74) is 1.11. The van der Waals surface area contributed by atoms with E-state index in [9.17, 15) is 0 Å². The van der Waals surface area contributed by atoms with Crippen LogP contribution in [0.15, 0.2) is 12.3 Å². The summed E-state index contributed by atoms with van der Waals surface area (Å²) < 4.78 is 7.13. The number of hydrogen-bond acceptors (Lipinski definition) is 3. The number of ether oxygens (including phenoxy) is 1. The molecule has 1 aromatic heterocycles. The van der Waals surface area contributed by atoms with Crippen LogP contribution < -0.4 is 5.32 Å². The second-order valence-corrected chi connectivity index (χ2v) is 4.16. The lowest BCUT2D eigenvalue weighted by molar-refractivity contribution is -0.00593. The highest BCUT2D eigenvalue weighted by Gasteiger charge is 2.17. The zero-order valence-corrected chi connectivity index (χ0v) is 9.44. The first-order chi connectivity index (χ1) is 7.29. The molecule has 1 N–H and O–H groups in total. The van der Waals surface area contributed by atoms with Crippen LogP contribution >= 0.6 is 0 Å². The molecule has 1 unspecified atom stereocenters. The lowest BCUT2D eigenvalue weighted by Gasteiger charge is -2.26. The molecule has 1 atom stereocenters. The largest absolute Gasteiger partial charge is 0.378 e. The van der Waals surface area contributed by atoms with E-state index in [1.807, 2.05) is 4.68 Å². The van der Waals surface area contributed by atoms with Crippen molar-refractivity contribution >= 4 is 0 Å². The summed E-state index contributed by atoms with van der Waals surface area (Å²) in [5, 5.41) is 7.93. The number of nitrogens with one attached hydrogen (secondary N) is 1. The average molecular weight is 209 g/mol. The molecule has 0 aliphatic carbocycles. The van der Waals surface area contributed by atoms with E-state index in [1.54, 1.807) is 0 Å². The van der Waals surface area contributed by atoms with E-state index in [-0.39, 0.29) is 0 Å². The van der Waals surface area contributed by atoms with E-state index in [2.05, 4.69) is 36.5 Å². The Bertz CT molecular complexity index is 307. The highest BCUT2D eigenvalue weighted by molar-refractivity contribution is 4.99. The fraction of sp³-hybridized carbons (Fsp3) is 0.727. The summed E-state index contributed by atoms with van der Waals surface area (Å²) >= 11 is 0. The van der Waals surface area contributed by atoms with Gasteiger partial charge >= 0.3 is 0 Å². The van der Waals surface area contributed by atoms with Crippen LogP contribution in [0.25, 0.3) is 0 Å². The Morgan fingerprint density at radius 1 is 1.67 bits per heavy atom. The van der Waals surface area contributed by atoms with Crippen LogP contribution in [-0.2, 0) is 11.3 Å². The maximum Gasteiger partial charge on any atom is 0.0762 e. The summed E-state index contributed by atoms with van der Waals surface area (Å²) in [6, 6.07) is 3.10. The van der Waals surface area contributed by atoms with Gasteiger partial charge in [0.05, 0.1) is 24.9 Å². The molecule has 2 rings (SSSR count). The molecule has 1 aliphatic heterocycles. The van der Waals surface area contributed by atoms with Gasteiger partial charge in [-0.3, -0.25) is 4.68 Å². The molecule has 0 radical (unpaired) electrons. The summed E-state index contributed by atoms with van der Waals surface area (Å²) in [4.78, 5) is 0. The van der Waals surface area contributed by atoms with Crippen molar-refractivity contribution in [3.63, 3.8) is 0 Å². The van der Waals surface area contributed by atoms with E-state index in [4.69, 9.17) is 4.74 Å². The Morgan fingerprint density at radius 3 is 3.07 bits per heavy atom. The highest BCUT2D eigenvalue weighted by Crippen LogP contribution is 2.09. The van der Waals surface area contributed by atoms with Crippen LogP contribution in [-0.4, -0.2) is 29.0 Å². The van der Waals surface area contributed by atoms with Gasteiger partial charge in [-0.25, -0.2) is 0 Å². The zero-order chi connectivity index (χ0) is 10.7. The molecule has 0 aromatic carbocycles. The van der Waals surface area contributed by atoms with E-state index >= 15 is 0 Å². The molecular weight excluding hydrogens is 190 g/mol. The van der Waals surface area contributed by atoms with Gasteiger partial charge in [-0.15, -0.1) is 0 Å². The van der Waals surface area contributed by atoms with Crippen molar-refractivity contribution in [2.75, 3.05) is 13.2 Å². The Labute approximate surface area is 90.6 Å². The van der Waals surface area contributed by atoms with Crippen LogP contribution in [0.4, 0.5) is 0 Å². The van der Waals surface area contributed by atoms with E-state index in [1.165, 1.54) is 0 Å². The van der Waals surface area contributed by atoms with Gasteiger partial charge < -0.3 is 10.1 Å². The Balaban J connectivity index is 1.83. The third-order valence-electron chi connectivity index (χ3n) is 2.92. The van der Waals surface area contributed by atoms with Gasteiger partial charge in [-0.2, -0.15) is 5.10 Å². The summed E-state index contributed by atoms with van der Waals surface area (Å²) in [7, 11) is 0. The van der Waals surface area contributed by atoms with Crippen molar-refractivity contribution in [3.05, 3.63) is 18.0 Å². The minimum Gasteiger partial charge on any atom is -0.378 e. The minimum atomic E-state index is 0.491. The second kappa shape index (κ2) is 4.77. The van der Waals surface area contributed by atoms with Crippen molar-refractivity contribution in [3.8, 4) is 0 Å². The van der Waals surface area contributed by atoms with Crippen molar-refractivity contribution in [1.82, 2.24) is 15.1 Å². The van der Waals surface area contributed by atoms with E-state index in [0.717, 1.165) is 31.9 Å². The van der Waals surface area contributed by atoms with Crippen molar-refractivity contribution < 1.29 is 4.74 Å². The maximum absolute atomic E-state index is 5.10. The number of hydrogen-bond donors (Lipinski definition) is 1. The van der Waals surface area contributed by atoms with Crippen molar-refractivity contribution in [1.29, 1.82) is 0 Å². The molecule has 1 saturated heterocycles. The van der Waals surface area contributed by atoms with Gasteiger partial charge in [-0.05, 0) is 19.4 Å². The first-order valence-electron chi connectivity index (χ1n) is 5.64. The molecule has 0 amide bonds. The summed E-state index contributed by atoms with van der Waals surface area (Å²) in [6.45, 7) is 6.88. The summed E-state index contributed by atoms with van der Waals surface area (Å²) in [5.74, 6) is 0. The lowest BCUT2D eigenvalue weighted by Crippen LogP contribution is -2.45. The molecule has 2 heterocycles. The average Bonchev–Trinajstić information content (AvgIpc) is 2.63. The third kappa shape index (κ3) is 2.58. The van der Waals surface area contributed by atoms with Crippen LogP contribution in [0.2, 0.25) is 0 Å². The zero-order valence-electron chi connectivity index (χ0n) is 9.44. The second-order valence-electron chi connectivity index (χ2n) is 4.16. The summed E-state index contributed by atoms with van der Waals surface area (Å²) in [6.07, 6.45) is 3.17. The molecule has 15 heavy (non-hydrogen) atoms. The van der Waals surface area contributed by atoms with Gasteiger partial charge in [0.15, 0.2) is 0 Å². The normalized spacial score (nSPS) is 18.8. The standard InChI is InChI=1S/C11H19N3O/c1-3-9(2)14-5-4-10(13-14)6-12-11-7-15-8-11/h4-5,9,11-12H,3,6-8H2,1-2H3. The van der Waals surface area contributed by atoms with Gasteiger partial charge in [0.1, 0.15) is 0 Å². The number of nitrogens with zero attached hydrogens (tertiary/aromatic N) is 2. The molecule has 4 heteroatoms. The predicted molar refractivity (Wildman–Crippen MR) is 58.7 cm³/mol. The van der Waals surface area contributed by atoms with Crippen LogP contribution in [0.3, 0.4) is 0 Å². The maximum atomic E-state index is 5.10. The Morgan fingerprint density at radius 2 is 2.47 bits per heavy atom. The molecule has 0 spiro atoms. The molecule has 1 fully saturated rings. The van der Waals surface area contributed by atoms with E-state index < -0.39 is 0 Å². The van der Waals surface area contributed by atoms with Gasteiger partial charge in [0.2, 0.25) is 0 Å². The van der Waals surface area contributed by atoms with Crippen LogP contribution in [0, 0.1) is 0 Å². The van der Waals surface area contributed by atoms with Gasteiger partial charge in [0, 0.05) is 18.8 Å². The SMILES string of the molecule is CCC(C)n1ccc(CNC2COC2)n1. The monoisotopic (exact) mass is 209 g/mol. The Hall–Kier alpha value is -0.870. The third-order valence-corrected chi connectivity index (χ3v) is 2.92. The molecule has 1 aromatic rings. The van der Waals surface area contributed by atoms with Crippen LogP contribution in [0.1, 0.15) is 32.0 Å². The molecule has 4 nitrogen and oxygen atoms in total. The number of aromatic nitrogens is 2. The Kier molecular flexibility index (Phi) is 3.38. The van der Waals surface area contributed by atoms with Gasteiger partial charge in [-0.1, -0.05) is 6.92 Å². The fourth-order valence-electron chi connectivity index (χ4n) is 1.51. The quantitative estimate of drug-likeness (QED) is 0.795. The molecule has 0 bridgehead atoms. The predicted octanol–water partition coefficient (Wildman–Crippen LogP) is 1.34. The lowest BCUT2D eigenvalue weighted by atomic mass is 10.2. The molecular formula is C11H19N3O. The fourth-order valence-corrected chi connectivity index (χ4v) is 1.51. The topological polar surface area (TPSA) is 39.1 Å². The number of rotatable bonds is 5. The highest BCUT2D eigenvalue weighted by atomic mass is 16.5. The van der Waals surface area contributed by atoms with Gasteiger partial charge in [0.25, 0.3) is 0 Å². The molecule has 0 saturated carbocycles. The van der Waals surface area contributed by atoms with Crippen molar-refractivity contribution in [2.45, 2.75) is 38.9 Å². The molecule has 1 aliphatic rings. The smallest absolute Gasteiger partial charge is 0.0762 e. The van der Waals surface area contributed by atoms with Crippen molar-refractivity contribution in [2.24, 2.45) is 0 Å². The molecule has 84 valence electrons. The minimum absolute atomic E-state index is 0.491.